The number of benzene rings is 1. The Morgan fingerprint density at radius 2 is 2.12 bits per heavy atom. The summed E-state index contributed by atoms with van der Waals surface area (Å²) in [5.41, 5.74) is 6.29. The number of nitrogens with two attached hydrogens (primary N) is 1. The zero-order valence-corrected chi connectivity index (χ0v) is 13.1. The summed E-state index contributed by atoms with van der Waals surface area (Å²) in [6.07, 6.45) is 3.02. The third kappa shape index (κ3) is 3.05. The standard InChI is InChI=1S/C15H16N6O3/c1-7(2)24-8-5-9(14(23)21-15-17-3-4-18-15)11-10(6-8)19-13(20-11)12(16)22/h3-7H,1-2H3,(H2,16,22)(H,19,20)(H2,17,18,21,23). The molecular weight excluding hydrogens is 312 g/mol. The zero-order chi connectivity index (χ0) is 17.3. The molecule has 0 atom stereocenters. The van der Waals surface area contributed by atoms with Gasteiger partial charge in [-0.3, -0.25) is 14.9 Å². The number of imidazole rings is 2. The third-order valence-electron chi connectivity index (χ3n) is 3.14. The van der Waals surface area contributed by atoms with Gasteiger partial charge in [-0.25, -0.2) is 9.97 Å². The Bertz CT molecular complexity index is 897. The van der Waals surface area contributed by atoms with Crippen molar-refractivity contribution >= 4 is 28.8 Å². The fraction of sp³-hybridized carbons (Fsp3) is 0.200. The number of rotatable bonds is 5. The summed E-state index contributed by atoms with van der Waals surface area (Å²) in [5.74, 6) is -0.406. The van der Waals surface area contributed by atoms with Crippen LogP contribution in [0.25, 0.3) is 11.0 Å². The molecule has 0 spiro atoms. The van der Waals surface area contributed by atoms with Crippen molar-refractivity contribution in [2.24, 2.45) is 5.73 Å². The lowest BCUT2D eigenvalue weighted by Gasteiger charge is -2.11. The molecule has 0 saturated heterocycles. The molecule has 9 nitrogen and oxygen atoms in total. The lowest BCUT2D eigenvalue weighted by atomic mass is 10.1. The van der Waals surface area contributed by atoms with E-state index in [1.54, 1.807) is 18.3 Å². The highest BCUT2D eigenvalue weighted by molar-refractivity contribution is 6.12. The average molecular weight is 328 g/mol. The van der Waals surface area contributed by atoms with E-state index in [-0.39, 0.29) is 17.5 Å². The quantitative estimate of drug-likeness (QED) is 0.561. The molecule has 0 aliphatic rings. The summed E-state index contributed by atoms with van der Waals surface area (Å²) >= 11 is 0. The van der Waals surface area contributed by atoms with Gasteiger partial charge < -0.3 is 20.4 Å². The highest BCUT2D eigenvalue weighted by Gasteiger charge is 2.19. The molecule has 2 heterocycles. The summed E-state index contributed by atoms with van der Waals surface area (Å²) in [6.45, 7) is 3.74. The van der Waals surface area contributed by atoms with Gasteiger partial charge in [-0.15, -0.1) is 0 Å². The van der Waals surface area contributed by atoms with Crippen LogP contribution in [-0.4, -0.2) is 37.9 Å². The smallest absolute Gasteiger partial charge is 0.284 e. The molecule has 0 aliphatic heterocycles. The maximum atomic E-state index is 12.5. The van der Waals surface area contributed by atoms with E-state index in [4.69, 9.17) is 10.5 Å². The van der Waals surface area contributed by atoms with Crippen LogP contribution in [0.5, 0.6) is 5.75 Å². The predicted molar refractivity (Wildman–Crippen MR) is 86.9 cm³/mol. The minimum Gasteiger partial charge on any atom is -0.491 e. The van der Waals surface area contributed by atoms with Crippen LogP contribution in [0.1, 0.15) is 34.8 Å². The highest BCUT2D eigenvalue weighted by Crippen LogP contribution is 2.25. The van der Waals surface area contributed by atoms with Crippen LogP contribution in [0.15, 0.2) is 24.5 Å². The van der Waals surface area contributed by atoms with E-state index >= 15 is 0 Å². The number of ether oxygens (including phenoxy) is 1. The predicted octanol–water partition coefficient (Wildman–Crippen LogP) is 1.42. The van der Waals surface area contributed by atoms with Crippen molar-refractivity contribution in [3.05, 3.63) is 35.9 Å². The Kier molecular flexibility index (Phi) is 3.90. The van der Waals surface area contributed by atoms with Gasteiger partial charge in [-0.05, 0) is 19.9 Å². The molecule has 124 valence electrons. The van der Waals surface area contributed by atoms with E-state index in [9.17, 15) is 9.59 Å². The fourth-order valence-electron chi connectivity index (χ4n) is 2.23. The summed E-state index contributed by atoms with van der Waals surface area (Å²) < 4.78 is 5.65. The van der Waals surface area contributed by atoms with Crippen LogP contribution >= 0.6 is 0 Å². The Morgan fingerprint density at radius 3 is 2.75 bits per heavy atom. The van der Waals surface area contributed by atoms with Crippen molar-refractivity contribution in [1.29, 1.82) is 0 Å². The number of H-pyrrole nitrogens is 2. The molecule has 0 aliphatic carbocycles. The van der Waals surface area contributed by atoms with Crippen LogP contribution in [0.3, 0.4) is 0 Å². The summed E-state index contributed by atoms with van der Waals surface area (Å²) in [4.78, 5) is 37.5. The van der Waals surface area contributed by atoms with Crippen molar-refractivity contribution in [3.8, 4) is 5.75 Å². The first-order valence-electron chi connectivity index (χ1n) is 7.25. The van der Waals surface area contributed by atoms with E-state index in [0.29, 0.717) is 22.7 Å². The molecule has 3 aromatic rings. The Balaban J connectivity index is 2.08. The van der Waals surface area contributed by atoms with Gasteiger partial charge in [0.05, 0.1) is 17.2 Å². The fourth-order valence-corrected chi connectivity index (χ4v) is 2.23. The maximum Gasteiger partial charge on any atom is 0.284 e. The minimum atomic E-state index is -0.713. The number of anilines is 1. The van der Waals surface area contributed by atoms with Crippen LogP contribution in [-0.2, 0) is 0 Å². The first kappa shape index (κ1) is 15.5. The van der Waals surface area contributed by atoms with Crippen molar-refractivity contribution < 1.29 is 14.3 Å². The molecule has 0 saturated carbocycles. The van der Waals surface area contributed by atoms with Gasteiger partial charge in [-0.2, -0.15) is 0 Å². The number of nitrogens with zero attached hydrogens (tertiary/aromatic N) is 2. The van der Waals surface area contributed by atoms with E-state index < -0.39 is 11.8 Å². The zero-order valence-electron chi connectivity index (χ0n) is 13.1. The van der Waals surface area contributed by atoms with Gasteiger partial charge >= 0.3 is 0 Å². The molecule has 3 rings (SSSR count). The number of amides is 2. The van der Waals surface area contributed by atoms with Gasteiger partial charge in [-0.1, -0.05) is 0 Å². The van der Waals surface area contributed by atoms with Crippen LogP contribution < -0.4 is 15.8 Å². The summed E-state index contributed by atoms with van der Waals surface area (Å²) in [6, 6.07) is 3.23. The SMILES string of the molecule is CC(C)Oc1cc(C(=O)Nc2ncc[nH]2)c2nc(C(N)=O)[nH]c2c1. The van der Waals surface area contributed by atoms with Crippen LogP contribution in [0.2, 0.25) is 0 Å². The van der Waals surface area contributed by atoms with E-state index in [0.717, 1.165) is 0 Å². The number of aromatic nitrogens is 4. The molecule has 2 amide bonds. The van der Waals surface area contributed by atoms with Crippen LogP contribution in [0.4, 0.5) is 5.95 Å². The number of nitrogens with one attached hydrogen (secondary N) is 3. The van der Waals surface area contributed by atoms with E-state index in [1.165, 1.54) is 6.20 Å². The third-order valence-corrected chi connectivity index (χ3v) is 3.14. The van der Waals surface area contributed by atoms with Gasteiger partial charge in [0.25, 0.3) is 11.8 Å². The number of carbonyl (C=O) groups excluding carboxylic acids is 2. The monoisotopic (exact) mass is 328 g/mol. The highest BCUT2D eigenvalue weighted by atomic mass is 16.5. The average Bonchev–Trinajstić information content (AvgIpc) is 3.14. The van der Waals surface area contributed by atoms with E-state index in [1.807, 2.05) is 13.8 Å². The second-order valence-electron chi connectivity index (χ2n) is 5.38. The van der Waals surface area contributed by atoms with Gasteiger partial charge in [0.15, 0.2) is 5.82 Å². The maximum absolute atomic E-state index is 12.5. The number of aromatic amines is 2. The lowest BCUT2D eigenvalue weighted by molar-refractivity contribution is 0.0989. The molecule has 0 fully saturated rings. The first-order valence-corrected chi connectivity index (χ1v) is 7.25. The molecule has 2 aromatic heterocycles. The van der Waals surface area contributed by atoms with Crippen molar-refractivity contribution in [1.82, 2.24) is 19.9 Å². The normalized spacial score (nSPS) is 11.0. The molecule has 0 bridgehead atoms. The number of primary amides is 1. The largest absolute Gasteiger partial charge is 0.491 e. The molecule has 24 heavy (non-hydrogen) atoms. The van der Waals surface area contributed by atoms with Crippen molar-refractivity contribution in [2.45, 2.75) is 20.0 Å². The minimum absolute atomic E-state index is 0.0289. The first-order chi connectivity index (χ1) is 11.4. The van der Waals surface area contributed by atoms with Crippen LogP contribution in [0, 0.1) is 0 Å². The molecule has 0 unspecified atom stereocenters. The topological polar surface area (TPSA) is 139 Å². The molecule has 0 radical (unpaired) electrons. The number of carbonyl (C=O) groups is 2. The number of hydrogen-bond acceptors (Lipinski definition) is 5. The second kappa shape index (κ2) is 6.03. The van der Waals surface area contributed by atoms with Crippen molar-refractivity contribution in [2.75, 3.05) is 5.32 Å². The Hall–Kier alpha value is -3.36. The van der Waals surface area contributed by atoms with Gasteiger partial charge in [0.1, 0.15) is 11.3 Å². The second-order valence-corrected chi connectivity index (χ2v) is 5.38. The van der Waals surface area contributed by atoms with Crippen molar-refractivity contribution in [3.63, 3.8) is 0 Å². The van der Waals surface area contributed by atoms with Gasteiger partial charge in [0.2, 0.25) is 5.95 Å². The molecule has 9 heteroatoms. The Labute approximate surface area is 136 Å². The Morgan fingerprint density at radius 1 is 1.33 bits per heavy atom. The molecule has 5 N–H and O–H groups in total. The molecule has 1 aromatic carbocycles. The summed E-state index contributed by atoms with van der Waals surface area (Å²) in [7, 11) is 0. The number of fused-ring (bicyclic) bond motifs is 1. The van der Waals surface area contributed by atoms with Gasteiger partial charge in [0, 0.05) is 18.5 Å². The number of hydrogen-bond donors (Lipinski definition) is 4. The lowest BCUT2D eigenvalue weighted by Crippen LogP contribution is -2.15. The van der Waals surface area contributed by atoms with E-state index in [2.05, 4.69) is 25.3 Å². The molecular formula is C15H16N6O3. The summed E-state index contributed by atoms with van der Waals surface area (Å²) in [5, 5.41) is 2.62.